The maximum Gasteiger partial charge on any atom is 0.321 e. The predicted octanol–water partition coefficient (Wildman–Crippen LogP) is 2.49. The topological polar surface area (TPSA) is 70.6 Å². The van der Waals surface area contributed by atoms with Gasteiger partial charge in [-0.15, -0.1) is 0 Å². The molecule has 2 aromatic rings. The fourth-order valence-electron chi connectivity index (χ4n) is 2.57. The van der Waals surface area contributed by atoms with Crippen LogP contribution in [0.1, 0.15) is 0 Å². The van der Waals surface area contributed by atoms with Gasteiger partial charge in [0.25, 0.3) is 0 Å². The normalized spacial score (nSPS) is 14.4. The monoisotopic (exact) mass is 347 g/mol. The van der Waals surface area contributed by atoms with Crippen LogP contribution in [-0.2, 0) is 0 Å². The lowest BCUT2D eigenvalue weighted by Gasteiger charge is -2.36. The molecule has 0 saturated carbocycles. The summed E-state index contributed by atoms with van der Waals surface area (Å²) in [5.74, 6) is 0.361. The van der Waals surface area contributed by atoms with E-state index in [1.807, 2.05) is 12.1 Å². The molecule has 2 amide bonds. The van der Waals surface area contributed by atoms with Crippen molar-refractivity contribution in [3.63, 3.8) is 0 Å². The number of anilines is 2. The Morgan fingerprint density at radius 3 is 2.58 bits per heavy atom. The van der Waals surface area contributed by atoms with E-state index >= 15 is 0 Å². The largest absolute Gasteiger partial charge is 0.481 e. The minimum absolute atomic E-state index is 0.159. The summed E-state index contributed by atoms with van der Waals surface area (Å²) < 4.78 is 5.05. The highest BCUT2D eigenvalue weighted by Gasteiger charge is 2.21. The number of halogens is 1. The zero-order valence-electron chi connectivity index (χ0n) is 13.3. The van der Waals surface area contributed by atoms with Gasteiger partial charge in [0.05, 0.1) is 12.8 Å². The van der Waals surface area contributed by atoms with Crippen LogP contribution in [0, 0.1) is 0 Å². The number of ether oxygens (including phenoxy) is 1. The maximum absolute atomic E-state index is 12.4. The van der Waals surface area contributed by atoms with Crippen molar-refractivity contribution in [2.45, 2.75) is 0 Å². The molecule has 3 heterocycles. The van der Waals surface area contributed by atoms with Gasteiger partial charge in [-0.25, -0.2) is 9.78 Å². The standard InChI is InChI=1S/C16H18ClN5O2/c1-24-15-11-12(10-14(17)20-15)19-16(23)22-8-6-21(7-9-22)13-2-4-18-5-3-13/h2-5,10-11H,6-9H2,1H3,(H,19,20,23). The minimum Gasteiger partial charge on any atom is -0.481 e. The Balaban J connectivity index is 1.58. The van der Waals surface area contributed by atoms with Gasteiger partial charge in [-0.3, -0.25) is 4.98 Å². The summed E-state index contributed by atoms with van der Waals surface area (Å²) in [7, 11) is 1.50. The first-order valence-electron chi connectivity index (χ1n) is 7.58. The lowest BCUT2D eigenvalue weighted by molar-refractivity contribution is 0.208. The second-order valence-electron chi connectivity index (χ2n) is 5.33. The van der Waals surface area contributed by atoms with Gasteiger partial charge in [-0.05, 0) is 18.2 Å². The zero-order chi connectivity index (χ0) is 16.9. The third-order valence-corrected chi connectivity index (χ3v) is 4.02. The fraction of sp³-hybridized carbons (Fsp3) is 0.312. The molecule has 2 aromatic heterocycles. The van der Waals surface area contributed by atoms with E-state index in [1.54, 1.807) is 29.4 Å². The van der Waals surface area contributed by atoms with Crippen LogP contribution >= 0.6 is 11.6 Å². The van der Waals surface area contributed by atoms with Crippen LogP contribution in [0.3, 0.4) is 0 Å². The number of aromatic nitrogens is 2. The Bertz CT molecular complexity index is 705. The van der Waals surface area contributed by atoms with Gasteiger partial charge in [0.2, 0.25) is 5.88 Å². The number of carbonyl (C=O) groups excluding carboxylic acids is 1. The van der Waals surface area contributed by atoms with Gasteiger partial charge >= 0.3 is 6.03 Å². The molecule has 0 unspecified atom stereocenters. The van der Waals surface area contributed by atoms with Crippen molar-refractivity contribution in [2.24, 2.45) is 0 Å². The summed E-state index contributed by atoms with van der Waals surface area (Å²) in [6.07, 6.45) is 3.55. The highest BCUT2D eigenvalue weighted by molar-refractivity contribution is 6.29. The van der Waals surface area contributed by atoms with Gasteiger partial charge in [-0.2, -0.15) is 0 Å². The summed E-state index contributed by atoms with van der Waals surface area (Å²) in [6, 6.07) is 7.02. The Hall–Kier alpha value is -2.54. The number of amides is 2. The van der Waals surface area contributed by atoms with Crippen LogP contribution in [0.15, 0.2) is 36.7 Å². The molecule has 0 aromatic carbocycles. The fourth-order valence-corrected chi connectivity index (χ4v) is 2.78. The molecule has 24 heavy (non-hydrogen) atoms. The number of nitrogens with one attached hydrogen (secondary N) is 1. The molecule has 0 radical (unpaired) electrons. The number of urea groups is 1. The van der Waals surface area contributed by atoms with Crippen LogP contribution in [0.2, 0.25) is 5.15 Å². The Labute approximate surface area is 145 Å². The summed E-state index contributed by atoms with van der Waals surface area (Å²) in [4.78, 5) is 24.4. The molecule has 8 heteroatoms. The summed E-state index contributed by atoms with van der Waals surface area (Å²) in [6.45, 7) is 2.84. The van der Waals surface area contributed by atoms with E-state index < -0.39 is 0 Å². The lowest BCUT2D eigenvalue weighted by Crippen LogP contribution is -2.50. The number of carbonyl (C=O) groups is 1. The molecule has 1 aliphatic heterocycles. The van der Waals surface area contributed by atoms with Gasteiger partial charge in [-0.1, -0.05) is 11.6 Å². The molecule has 1 N–H and O–H groups in total. The number of nitrogens with zero attached hydrogens (tertiary/aromatic N) is 4. The second-order valence-corrected chi connectivity index (χ2v) is 5.72. The highest BCUT2D eigenvalue weighted by Crippen LogP contribution is 2.21. The van der Waals surface area contributed by atoms with Gasteiger partial charge < -0.3 is 19.9 Å². The quantitative estimate of drug-likeness (QED) is 0.864. The molecule has 0 atom stereocenters. The first kappa shape index (κ1) is 16.3. The predicted molar refractivity (Wildman–Crippen MR) is 92.8 cm³/mol. The average Bonchev–Trinajstić information content (AvgIpc) is 2.62. The third kappa shape index (κ3) is 3.86. The van der Waals surface area contributed by atoms with E-state index in [0.717, 1.165) is 18.8 Å². The van der Waals surface area contributed by atoms with Crippen molar-refractivity contribution < 1.29 is 9.53 Å². The van der Waals surface area contributed by atoms with Crippen LogP contribution in [-0.4, -0.2) is 54.2 Å². The molecule has 0 aliphatic carbocycles. The van der Waals surface area contributed by atoms with Gasteiger partial charge in [0.1, 0.15) is 5.15 Å². The summed E-state index contributed by atoms with van der Waals surface area (Å²) in [5, 5.41) is 3.11. The molecule has 7 nitrogen and oxygen atoms in total. The molecule has 1 fully saturated rings. The van der Waals surface area contributed by atoms with Crippen LogP contribution in [0.4, 0.5) is 16.2 Å². The number of rotatable bonds is 3. The number of pyridine rings is 2. The molecule has 1 saturated heterocycles. The van der Waals surface area contributed by atoms with Crippen molar-refractivity contribution >= 4 is 29.0 Å². The van der Waals surface area contributed by atoms with E-state index in [2.05, 4.69) is 20.2 Å². The summed E-state index contributed by atoms with van der Waals surface area (Å²) in [5.41, 5.74) is 1.68. The van der Waals surface area contributed by atoms with Crippen molar-refractivity contribution in [3.05, 3.63) is 41.8 Å². The van der Waals surface area contributed by atoms with Crippen molar-refractivity contribution in [1.29, 1.82) is 0 Å². The molecule has 126 valence electrons. The third-order valence-electron chi connectivity index (χ3n) is 3.83. The van der Waals surface area contributed by atoms with Crippen molar-refractivity contribution in [1.82, 2.24) is 14.9 Å². The molecular formula is C16H18ClN5O2. The zero-order valence-corrected chi connectivity index (χ0v) is 14.0. The SMILES string of the molecule is COc1cc(NC(=O)N2CCN(c3ccncc3)CC2)cc(Cl)n1. The van der Waals surface area contributed by atoms with Gasteiger partial charge in [0.15, 0.2) is 0 Å². The maximum atomic E-state index is 12.4. The average molecular weight is 348 g/mol. The summed E-state index contributed by atoms with van der Waals surface area (Å²) >= 11 is 5.92. The molecule has 3 rings (SSSR count). The number of hydrogen-bond donors (Lipinski definition) is 1. The van der Waals surface area contributed by atoms with Crippen LogP contribution in [0.25, 0.3) is 0 Å². The first-order chi connectivity index (χ1) is 11.7. The first-order valence-corrected chi connectivity index (χ1v) is 7.96. The second kappa shape index (κ2) is 7.35. The van der Waals surface area contributed by atoms with Gasteiger partial charge in [0, 0.05) is 50.3 Å². The molecule has 0 bridgehead atoms. The van der Waals surface area contributed by atoms with Crippen molar-refractivity contribution in [2.75, 3.05) is 43.5 Å². The van der Waals surface area contributed by atoms with E-state index in [-0.39, 0.29) is 11.2 Å². The van der Waals surface area contributed by atoms with E-state index in [0.29, 0.717) is 24.7 Å². The Kier molecular flexibility index (Phi) is 5.00. The number of methoxy groups -OCH3 is 1. The van der Waals surface area contributed by atoms with E-state index in [4.69, 9.17) is 16.3 Å². The smallest absolute Gasteiger partial charge is 0.321 e. The van der Waals surface area contributed by atoms with E-state index in [9.17, 15) is 4.79 Å². The number of hydrogen-bond acceptors (Lipinski definition) is 5. The lowest BCUT2D eigenvalue weighted by atomic mass is 10.3. The Morgan fingerprint density at radius 1 is 1.21 bits per heavy atom. The highest BCUT2D eigenvalue weighted by atomic mass is 35.5. The van der Waals surface area contributed by atoms with E-state index in [1.165, 1.54) is 7.11 Å². The molecule has 0 spiro atoms. The van der Waals surface area contributed by atoms with Crippen molar-refractivity contribution in [3.8, 4) is 5.88 Å². The van der Waals surface area contributed by atoms with Crippen LogP contribution < -0.4 is 15.0 Å². The minimum atomic E-state index is -0.159. The molecular weight excluding hydrogens is 330 g/mol. The van der Waals surface area contributed by atoms with Crippen LogP contribution in [0.5, 0.6) is 5.88 Å². The molecule has 1 aliphatic rings. The number of piperazine rings is 1. The Morgan fingerprint density at radius 2 is 1.92 bits per heavy atom.